The predicted molar refractivity (Wildman–Crippen MR) is 66.6 cm³/mol. The van der Waals surface area contributed by atoms with Gasteiger partial charge in [-0.05, 0) is 17.7 Å². The maximum Gasteiger partial charge on any atom is 0.293 e. The lowest BCUT2D eigenvalue weighted by Crippen LogP contribution is -2.10. The molecule has 0 atom stereocenters. The number of nitro benzene ring substituents is 1. The number of nitrogens with zero attached hydrogens (tertiary/aromatic N) is 4. The number of rotatable bonds is 3. The molecular weight excluding hydrogens is 232 g/mol. The summed E-state index contributed by atoms with van der Waals surface area (Å²) in [5.41, 5.74) is 0.754. The number of hydrogen-bond donors (Lipinski definition) is 0. The molecule has 1 aromatic rings. The Labute approximate surface area is 104 Å². The Morgan fingerprint density at radius 2 is 2.00 bits per heavy atom. The summed E-state index contributed by atoms with van der Waals surface area (Å²) in [5.74, 6) is 0. The summed E-state index contributed by atoms with van der Waals surface area (Å²) in [6, 6.07) is 7.95. The van der Waals surface area contributed by atoms with E-state index in [0.29, 0.717) is 11.3 Å². The lowest BCUT2D eigenvalue weighted by Gasteiger charge is -2.12. The molecule has 0 heterocycles. The second-order valence-corrected chi connectivity index (χ2v) is 3.68. The van der Waals surface area contributed by atoms with Crippen molar-refractivity contribution >= 4 is 17.5 Å². The van der Waals surface area contributed by atoms with Crippen LogP contribution in [0.4, 0.5) is 11.4 Å². The van der Waals surface area contributed by atoms with Gasteiger partial charge in [-0.2, -0.15) is 10.5 Å². The van der Waals surface area contributed by atoms with Crippen molar-refractivity contribution < 1.29 is 4.92 Å². The maximum absolute atomic E-state index is 10.9. The van der Waals surface area contributed by atoms with Crippen molar-refractivity contribution in [3.8, 4) is 12.1 Å². The van der Waals surface area contributed by atoms with E-state index in [2.05, 4.69) is 0 Å². The average molecular weight is 242 g/mol. The van der Waals surface area contributed by atoms with Crippen LogP contribution in [0.1, 0.15) is 5.56 Å². The average Bonchev–Trinajstić information content (AvgIpc) is 2.35. The first-order valence-corrected chi connectivity index (χ1v) is 4.97. The van der Waals surface area contributed by atoms with E-state index in [0.717, 1.165) is 0 Å². The normalized spacial score (nSPS) is 8.89. The standard InChI is InChI=1S/C12H10N4O2/c1-15(2)11-4-3-9(5-10(7-13)8-14)6-12(11)16(17)18/h3-6H,1-2H3. The summed E-state index contributed by atoms with van der Waals surface area (Å²) in [6.45, 7) is 0. The van der Waals surface area contributed by atoms with Crippen LogP contribution < -0.4 is 4.90 Å². The Hall–Kier alpha value is -2.86. The maximum atomic E-state index is 10.9. The summed E-state index contributed by atoms with van der Waals surface area (Å²) >= 11 is 0. The van der Waals surface area contributed by atoms with Crippen molar-refractivity contribution in [2.75, 3.05) is 19.0 Å². The molecule has 1 rings (SSSR count). The third-order valence-electron chi connectivity index (χ3n) is 2.23. The van der Waals surface area contributed by atoms with Gasteiger partial charge in [0.1, 0.15) is 23.4 Å². The molecule has 0 aliphatic rings. The summed E-state index contributed by atoms with van der Waals surface area (Å²) in [7, 11) is 3.40. The van der Waals surface area contributed by atoms with E-state index in [1.165, 1.54) is 12.1 Å². The van der Waals surface area contributed by atoms with Crippen molar-refractivity contribution in [2.45, 2.75) is 0 Å². The molecule has 0 aliphatic heterocycles. The molecule has 0 fully saturated rings. The van der Waals surface area contributed by atoms with Gasteiger partial charge in [-0.15, -0.1) is 0 Å². The highest BCUT2D eigenvalue weighted by Crippen LogP contribution is 2.28. The zero-order chi connectivity index (χ0) is 13.7. The van der Waals surface area contributed by atoms with Crippen LogP contribution in [0.5, 0.6) is 0 Å². The smallest absolute Gasteiger partial charge is 0.293 e. The zero-order valence-corrected chi connectivity index (χ0v) is 9.91. The Kier molecular flexibility index (Phi) is 4.01. The molecule has 1 aromatic carbocycles. The zero-order valence-electron chi connectivity index (χ0n) is 9.91. The third kappa shape index (κ3) is 2.83. The van der Waals surface area contributed by atoms with Gasteiger partial charge in [0.15, 0.2) is 0 Å². The number of anilines is 1. The minimum atomic E-state index is -0.495. The fourth-order valence-corrected chi connectivity index (χ4v) is 1.41. The molecule has 0 aliphatic carbocycles. The van der Waals surface area contributed by atoms with Crippen molar-refractivity contribution in [3.63, 3.8) is 0 Å². The Morgan fingerprint density at radius 3 is 2.44 bits per heavy atom. The molecule has 0 N–H and O–H groups in total. The molecule has 0 amide bonds. The van der Waals surface area contributed by atoms with Crippen molar-refractivity contribution in [1.82, 2.24) is 0 Å². The lowest BCUT2D eigenvalue weighted by molar-refractivity contribution is -0.384. The SMILES string of the molecule is CN(C)c1ccc(C=C(C#N)C#N)cc1[N+](=O)[O-]. The van der Waals surface area contributed by atoms with Crippen LogP contribution in [0.25, 0.3) is 6.08 Å². The first kappa shape index (κ1) is 13.2. The highest BCUT2D eigenvalue weighted by atomic mass is 16.6. The number of benzene rings is 1. The van der Waals surface area contributed by atoms with Gasteiger partial charge in [0, 0.05) is 20.2 Å². The fourth-order valence-electron chi connectivity index (χ4n) is 1.41. The van der Waals surface area contributed by atoms with Gasteiger partial charge in [-0.3, -0.25) is 10.1 Å². The molecule has 0 aromatic heterocycles. The van der Waals surface area contributed by atoms with Crippen LogP contribution in [0.2, 0.25) is 0 Å². The first-order chi connectivity index (χ1) is 8.49. The topological polar surface area (TPSA) is 94.0 Å². The van der Waals surface area contributed by atoms with E-state index in [9.17, 15) is 10.1 Å². The number of allylic oxidation sites excluding steroid dienone is 1. The molecule has 0 saturated heterocycles. The number of hydrogen-bond acceptors (Lipinski definition) is 5. The van der Waals surface area contributed by atoms with E-state index in [-0.39, 0.29) is 11.3 Å². The highest BCUT2D eigenvalue weighted by molar-refractivity contribution is 5.70. The minimum absolute atomic E-state index is 0.0658. The van der Waals surface area contributed by atoms with Gasteiger partial charge in [0.05, 0.1) is 4.92 Å². The molecule has 18 heavy (non-hydrogen) atoms. The molecule has 90 valence electrons. The number of nitro groups is 1. The molecule has 0 spiro atoms. The monoisotopic (exact) mass is 242 g/mol. The summed E-state index contributed by atoms with van der Waals surface area (Å²) in [6.07, 6.45) is 1.31. The molecule has 0 bridgehead atoms. The van der Waals surface area contributed by atoms with E-state index in [1.54, 1.807) is 43.3 Å². The van der Waals surface area contributed by atoms with Crippen LogP contribution in [-0.4, -0.2) is 19.0 Å². The highest BCUT2D eigenvalue weighted by Gasteiger charge is 2.15. The second kappa shape index (κ2) is 5.46. The largest absolute Gasteiger partial charge is 0.372 e. The van der Waals surface area contributed by atoms with Crippen LogP contribution in [0, 0.1) is 32.8 Å². The molecule has 0 unspecified atom stereocenters. The van der Waals surface area contributed by atoms with Gasteiger partial charge >= 0.3 is 0 Å². The fraction of sp³-hybridized carbons (Fsp3) is 0.167. The van der Waals surface area contributed by atoms with Gasteiger partial charge < -0.3 is 4.90 Å². The Morgan fingerprint density at radius 1 is 1.39 bits per heavy atom. The minimum Gasteiger partial charge on any atom is -0.372 e. The van der Waals surface area contributed by atoms with Gasteiger partial charge in [0.25, 0.3) is 5.69 Å². The summed E-state index contributed by atoms with van der Waals surface area (Å²) in [5, 5.41) is 28.2. The van der Waals surface area contributed by atoms with E-state index < -0.39 is 4.92 Å². The van der Waals surface area contributed by atoms with E-state index in [1.807, 2.05) is 0 Å². The van der Waals surface area contributed by atoms with Crippen molar-refractivity contribution in [3.05, 3.63) is 39.4 Å². The third-order valence-corrected chi connectivity index (χ3v) is 2.23. The van der Waals surface area contributed by atoms with Crippen LogP contribution >= 0.6 is 0 Å². The first-order valence-electron chi connectivity index (χ1n) is 4.97. The molecule has 6 nitrogen and oxygen atoms in total. The Bertz CT molecular complexity index is 575. The molecule has 0 saturated carbocycles. The van der Waals surface area contributed by atoms with Crippen LogP contribution in [0.15, 0.2) is 23.8 Å². The second-order valence-electron chi connectivity index (χ2n) is 3.68. The van der Waals surface area contributed by atoms with Crippen molar-refractivity contribution in [1.29, 1.82) is 10.5 Å². The van der Waals surface area contributed by atoms with E-state index >= 15 is 0 Å². The quantitative estimate of drug-likeness (QED) is 0.459. The van der Waals surface area contributed by atoms with Gasteiger partial charge in [-0.1, -0.05) is 6.07 Å². The Balaban J connectivity index is 3.34. The van der Waals surface area contributed by atoms with Gasteiger partial charge in [-0.25, -0.2) is 0 Å². The van der Waals surface area contributed by atoms with E-state index in [4.69, 9.17) is 10.5 Å². The van der Waals surface area contributed by atoms with Crippen molar-refractivity contribution in [2.24, 2.45) is 0 Å². The molecule has 0 radical (unpaired) electrons. The van der Waals surface area contributed by atoms with Crippen LogP contribution in [-0.2, 0) is 0 Å². The summed E-state index contributed by atoms with van der Waals surface area (Å²) < 4.78 is 0. The molecular formula is C12H10N4O2. The predicted octanol–water partition coefficient (Wildman–Crippen LogP) is 2.09. The van der Waals surface area contributed by atoms with Crippen LogP contribution in [0.3, 0.4) is 0 Å². The molecule has 6 heteroatoms. The summed E-state index contributed by atoms with van der Waals surface area (Å²) in [4.78, 5) is 12.1. The lowest BCUT2D eigenvalue weighted by atomic mass is 10.1. The van der Waals surface area contributed by atoms with Gasteiger partial charge in [0.2, 0.25) is 0 Å². The number of nitriles is 2.